The van der Waals surface area contributed by atoms with Crippen LogP contribution in [0.15, 0.2) is 36.7 Å². The molecule has 1 aromatic carbocycles. The molecule has 0 aliphatic carbocycles. The zero-order chi connectivity index (χ0) is 29.2. The Morgan fingerprint density at radius 3 is 2.43 bits per heavy atom. The van der Waals surface area contributed by atoms with Crippen molar-refractivity contribution < 1.29 is 22.0 Å². The van der Waals surface area contributed by atoms with Gasteiger partial charge in [-0.25, -0.2) is 28.7 Å². The summed E-state index contributed by atoms with van der Waals surface area (Å²) in [6.45, 7) is 6.27. The molecule has 3 atom stereocenters. The number of piperazine rings is 1. The first-order valence-corrected chi connectivity index (χ1v) is 14.2. The number of hydrogen-bond acceptors (Lipinski definition) is 7. The van der Waals surface area contributed by atoms with Crippen molar-refractivity contribution in [2.24, 2.45) is 0 Å². The molecule has 2 saturated heterocycles. The van der Waals surface area contributed by atoms with Crippen molar-refractivity contribution in [1.29, 1.82) is 0 Å². The number of aromatic nitrogens is 5. The van der Waals surface area contributed by atoms with E-state index in [2.05, 4.69) is 42.0 Å². The second-order valence-corrected chi connectivity index (χ2v) is 11.3. The van der Waals surface area contributed by atoms with Gasteiger partial charge >= 0.3 is 6.18 Å². The van der Waals surface area contributed by atoms with Gasteiger partial charge < -0.3 is 14.8 Å². The van der Waals surface area contributed by atoms with Crippen molar-refractivity contribution in [1.82, 2.24) is 34.3 Å². The van der Waals surface area contributed by atoms with Crippen molar-refractivity contribution in [3.63, 3.8) is 0 Å². The number of benzene rings is 1. The topological polar surface area (TPSA) is 75.0 Å². The summed E-state index contributed by atoms with van der Waals surface area (Å²) in [7, 11) is 0. The van der Waals surface area contributed by atoms with Gasteiger partial charge in [0.05, 0.1) is 11.7 Å². The van der Waals surface area contributed by atoms with Gasteiger partial charge in [-0.2, -0.15) is 13.2 Å². The van der Waals surface area contributed by atoms with Crippen LogP contribution in [0.25, 0.3) is 22.3 Å². The van der Waals surface area contributed by atoms with Gasteiger partial charge in [0.2, 0.25) is 5.95 Å². The first kappa shape index (κ1) is 27.1. The maximum Gasteiger partial charge on any atom is 0.409 e. The van der Waals surface area contributed by atoms with E-state index in [4.69, 9.17) is 0 Å². The van der Waals surface area contributed by atoms with Crippen molar-refractivity contribution in [3.05, 3.63) is 59.7 Å². The molecule has 3 aliphatic rings. The third-order valence-electron chi connectivity index (χ3n) is 8.76. The van der Waals surface area contributed by atoms with Crippen molar-refractivity contribution >= 4 is 22.8 Å². The molecule has 7 rings (SSSR count). The SMILES string of the molecule is CCN1CC2CCC(C1)N2Cc1ccc(Nc2ncc(F)c(-c3cc(F)c4nc5n(c4c3)C(C(F)(F)F)CC5)n2)nc1. The third kappa shape index (κ3) is 4.77. The molecule has 4 aromatic rings. The maximum absolute atomic E-state index is 15.0. The molecule has 13 heteroatoms. The number of fused-ring (bicyclic) bond motifs is 5. The summed E-state index contributed by atoms with van der Waals surface area (Å²) in [4.78, 5) is 21.9. The van der Waals surface area contributed by atoms with Gasteiger partial charge in [-0.3, -0.25) is 4.90 Å². The molecule has 0 amide bonds. The molecule has 0 spiro atoms. The van der Waals surface area contributed by atoms with Crippen LogP contribution in [0.4, 0.5) is 33.7 Å². The highest BCUT2D eigenvalue weighted by Crippen LogP contribution is 2.42. The van der Waals surface area contributed by atoms with Gasteiger partial charge in [0, 0.05) is 49.9 Å². The fraction of sp³-hybridized carbons (Fsp3) is 0.448. The number of likely N-dealkylation sites (N-methyl/N-ethyl adjacent to an activating group) is 1. The van der Waals surface area contributed by atoms with Crippen LogP contribution in [-0.2, 0) is 13.0 Å². The predicted molar refractivity (Wildman–Crippen MR) is 146 cm³/mol. The van der Waals surface area contributed by atoms with Crippen LogP contribution in [0.5, 0.6) is 0 Å². The van der Waals surface area contributed by atoms with Crippen LogP contribution >= 0.6 is 0 Å². The lowest BCUT2D eigenvalue weighted by Gasteiger charge is -2.40. The first-order valence-electron chi connectivity index (χ1n) is 14.2. The summed E-state index contributed by atoms with van der Waals surface area (Å²) < 4.78 is 71.9. The van der Waals surface area contributed by atoms with Crippen LogP contribution < -0.4 is 5.32 Å². The number of nitrogens with zero attached hydrogens (tertiary/aromatic N) is 7. The van der Waals surface area contributed by atoms with Gasteiger partial charge in [-0.15, -0.1) is 0 Å². The lowest BCUT2D eigenvalue weighted by molar-refractivity contribution is -0.164. The van der Waals surface area contributed by atoms with Gasteiger partial charge in [0.1, 0.15) is 28.9 Å². The van der Waals surface area contributed by atoms with Crippen LogP contribution in [0.2, 0.25) is 0 Å². The molecule has 220 valence electrons. The van der Waals surface area contributed by atoms with E-state index >= 15 is 4.39 Å². The maximum atomic E-state index is 15.0. The van der Waals surface area contributed by atoms with Gasteiger partial charge in [0.15, 0.2) is 11.6 Å². The molecule has 3 aromatic heterocycles. The number of hydrogen-bond donors (Lipinski definition) is 1. The van der Waals surface area contributed by atoms with Crippen LogP contribution in [0.3, 0.4) is 0 Å². The van der Waals surface area contributed by atoms with E-state index in [-0.39, 0.29) is 46.9 Å². The second kappa shape index (κ2) is 10.2. The summed E-state index contributed by atoms with van der Waals surface area (Å²) in [6.07, 6.45) is 0.529. The largest absolute Gasteiger partial charge is 0.409 e. The van der Waals surface area contributed by atoms with Gasteiger partial charge in [0.25, 0.3) is 0 Å². The molecule has 8 nitrogen and oxygen atoms in total. The number of aryl methyl sites for hydroxylation is 1. The van der Waals surface area contributed by atoms with Crippen LogP contribution in [0.1, 0.15) is 43.6 Å². The number of pyridine rings is 1. The van der Waals surface area contributed by atoms with Crippen molar-refractivity contribution in [2.75, 3.05) is 25.0 Å². The number of alkyl halides is 3. The summed E-state index contributed by atoms with van der Waals surface area (Å²) >= 11 is 0. The minimum atomic E-state index is -4.52. The molecular weight excluding hydrogens is 555 g/mol. The zero-order valence-electron chi connectivity index (χ0n) is 22.9. The molecule has 3 aliphatic heterocycles. The van der Waals surface area contributed by atoms with Gasteiger partial charge in [-0.1, -0.05) is 13.0 Å². The summed E-state index contributed by atoms with van der Waals surface area (Å²) in [5, 5.41) is 2.95. The van der Waals surface area contributed by atoms with E-state index in [0.29, 0.717) is 17.9 Å². The summed E-state index contributed by atoms with van der Waals surface area (Å²) in [5.74, 6) is -1.07. The highest BCUT2D eigenvalue weighted by atomic mass is 19.4. The average Bonchev–Trinajstić information content (AvgIpc) is 3.60. The average molecular weight is 585 g/mol. The Kier molecular flexibility index (Phi) is 6.61. The minimum Gasteiger partial charge on any atom is -0.316 e. The number of likely N-dealkylation sites (tertiary alicyclic amines) is 1. The Morgan fingerprint density at radius 2 is 1.74 bits per heavy atom. The van der Waals surface area contributed by atoms with E-state index < -0.39 is 23.9 Å². The Hall–Kier alpha value is -3.71. The van der Waals surface area contributed by atoms with Crippen LogP contribution in [-0.4, -0.2) is 72.2 Å². The quantitative estimate of drug-likeness (QED) is 0.295. The van der Waals surface area contributed by atoms with Crippen molar-refractivity contribution in [3.8, 4) is 11.3 Å². The monoisotopic (exact) mass is 584 g/mol. The Morgan fingerprint density at radius 1 is 0.952 bits per heavy atom. The fourth-order valence-electron chi connectivity index (χ4n) is 6.71. The lowest BCUT2D eigenvalue weighted by Crippen LogP contribution is -2.52. The molecule has 0 radical (unpaired) electrons. The Labute approximate surface area is 238 Å². The normalized spacial score (nSPS) is 22.7. The third-order valence-corrected chi connectivity index (χ3v) is 8.76. The van der Waals surface area contributed by atoms with E-state index in [1.54, 1.807) is 12.3 Å². The number of anilines is 2. The smallest absolute Gasteiger partial charge is 0.316 e. The summed E-state index contributed by atoms with van der Waals surface area (Å²) in [6, 6.07) is 5.40. The molecule has 1 N–H and O–H groups in total. The number of nitrogens with one attached hydrogen (secondary N) is 1. The molecule has 3 unspecified atom stereocenters. The zero-order valence-corrected chi connectivity index (χ0v) is 22.9. The predicted octanol–water partition coefficient (Wildman–Crippen LogP) is 5.63. The standard InChI is InChI=1S/C29H29F5N8/c1-2-40-14-18-4-5-19(15-40)41(18)13-16-3-7-24(35-11-16)37-28-36-12-21(31)26(39-28)17-9-20(30)27-22(10-17)42-23(29(32,33)34)6-8-25(42)38-27/h3,7,9-12,18-19,23H,2,4-6,8,13-15H2,1H3,(H,35,36,37,39). The molecule has 0 saturated carbocycles. The Bertz CT molecular complexity index is 1620. The second-order valence-electron chi connectivity index (χ2n) is 11.3. The molecular formula is C29H29F5N8. The van der Waals surface area contributed by atoms with E-state index in [0.717, 1.165) is 48.6 Å². The first-order chi connectivity index (χ1) is 20.2. The number of imidazole rings is 1. The molecule has 2 bridgehead atoms. The molecule has 6 heterocycles. The fourth-order valence-corrected chi connectivity index (χ4v) is 6.71. The lowest BCUT2D eigenvalue weighted by atomic mass is 10.1. The van der Waals surface area contributed by atoms with Crippen molar-refractivity contribution in [2.45, 2.75) is 63.5 Å². The molecule has 42 heavy (non-hydrogen) atoms. The van der Waals surface area contributed by atoms with Gasteiger partial charge in [-0.05, 0) is 49.6 Å². The highest BCUT2D eigenvalue weighted by molar-refractivity contribution is 5.83. The minimum absolute atomic E-state index is 0.0143. The van der Waals surface area contributed by atoms with E-state index in [1.165, 1.54) is 18.9 Å². The molecule has 2 fully saturated rings. The number of rotatable bonds is 6. The van der Waals surface area contributed by atoms with E-state index in [1.807, 2.05) is 6.07 Å². The highest BCUT2D eigenvalue weighted by Gasteiger charge is 2.46. The summed E-state index contributed by atoms with van der Waals surface area (Å²) in [5.41, 5.74) is 0.592. The number of halogens is 5. The Balaban J connectivity index is 1.12. The van der Waals surface area contributed by atoms with E-state index in [9.17, 15) is 17.6 Å². The van der Waals surface area contributed by atoms with Crippen LogP contribution in [0, 0.1) is 11.6 Å².